The Hall–Kier alpha value is -0.810. The normalized spacial score (nSPS) is 22.2. The smallest absolute Gasteiger partial charge is 0.321 e. The first kappa shape index (κ1) is 13.3. The maximum absolute atomic E-state index is 11.3. The summed E-state index contributed by atoms with van der Waals surface area (Å²) in [5.41, 5.74) is 0. The minimum Gasteiger partial charge on any atom is -0.381 e. The second kappa shape index (κ2) is 6.70. The van der Waals surface area contributed by atoms with Crippen LogP contribution in [-0.2, 0) is 9.53 Å². The number of nitrogens with one attached hydrogen (secondary N) is 2. The number of amides is 3. The predicted molar refractivity (Wildman–Crippen MR) is 60.4 cm³/mol. The monoisotopic (exact) mass is 248 g/mol. The molecule has 92 valence electrons. The Morgan fingerprint density at radius 1 is 1.56 bits per heavy atom. The summed E-state index contributed by atoms with van der Waals surface area (Å²) in [6.45, 7) is 3.50. The van der Waals surface area contributed by atoms with Gasteiger partial charge in [-0.2, -0.15) is 0 Å². The fourth-order valence-electron chi connectivity index (χ4n) is 1.46. The Bertz CT molecular complexity index is 252. The third-order valence-electron chi connectivity index (χ3n) is 2.40. The first-order chi connectivity index (χ1) is 7.59. The lowest BCUT2D eigenvalue weighted by Crippen LogP contribution is -2.44. The van der Waals surface area contributed by atoms with Crippen molar-refractivity contribution >= 4 is 23.5 Å². The van der Waals surface area contributed by atoms with Crippen LogP contribution in [0.1, 0.15) is 19.8 Å². The zero-order chi connectivity index (χ0) is 12.0. The highest BCUT2D eigenvalue weighted by Crippen LogP contribution is 2.11. The van der Waals surface area contributed by atoms with Gasteiger partial charge in [0.1, 0.15) is 5.38 Å². The highest BCUT2D eigenvalue weighted by Gasteiger charge is 2.16. The molecule has 2 unspecified atom stereocenters. The number of carbonyl (C=O) groups excluding carboxylic acids is 2. The van der Waals surface area contributed by atoms with E-state index in [1.807, 2.05) is 0 Å². The van der Waals surface area contributed by atoms with Gasteiger partial charge in [0, 0.05) is 13.2 Å². The van der Waals surface area contributed by atoms with Crippen molar-refractivity contribution in [2.45, 2.75) is 25.1 Å². The van der Waals surface area contributed by atoms with Crippen LogP contribution in [0.25, 0.3) is 0 Å². The molecule has 0 aromatic rings. The summed E-state index contributed by atoms with van der Waals surface area (Å²) >= 11 is 5.51. The maximum Gasteiger partial charge on any atom is 0.321 e. The standard InChI is InChI=1S/C10H17ClN2O3/c1-7(11)9(14)13-10(15)12-5-8-3-2-4-16-6-8/h7-8H,2-6H2,1H3,(H2,12,13,14,15). The molecule has 0 aromatic heterocycles. The zero-order valence-electron chi connectivity index (χ0n) is 9.29. The number of carbonyl (C=O) groups is 2. The number of ether oxygens (including phenoxy) is 1. The van der Waals surface area contributed by atoms with Crippen LogP contribution in [-0.4, -0.2) is 37.1 Å². The number of alkyl halides is 1. The van der Waals surface area contributed by atoms with Gasteiger partial charge in [-0.1, -0.05) is 0 Å². The maximum atomic E-state index is 11.3. The third-order valence-corrected chi connectivity index (χ3v) is 2.60. The van der Waals surface area contributed by atoms with E-state index in [0.29, 0.717) is 19.1 Å². The number of halogens is 1. The second-order valence-corrected chi connectivity index (χ2v) is 4.55. The van der Waals surface area contributed by atoms with Gasteiger partial charge >= 0.3 is 6.03 Å². The van der Waals surface area contributed by atoms with E-state index in [9.17, 15) is 9.59 Å². The number of hydrogen-bond donors (Lipinski definition) is 2. The average Bonchev–Trinajstić information content (AvgIpc) is 2.27. The van der Waals surface area contributed by atoms with Gasteiger partial charge in [-0.3, -0.25) is 10.1 Å². The van der Waals surface area contributed by atoms with Gasteiger partial charge in [0.15, 0.2) is 0 Å². The first-order valence-electron chi connectivity index (χ1n) is 5.40. The molecule has 1 aliphatic heterocycles. The SMILES string of the molecule is CC(Cl)C(=O)NC(=O)NCC1CCCOC1. The number of hydrogen-bond acceptors (Lipinski definition) is 3. The minimum absolute atomic E-state index is 0.336. The van der Waals surface area contributed by atoms with Gasteiger partial charge in [-0.05, 0) is 25.7 Å². The van der Waals surface area contributed by atoms with Crippen LogP contribution >= 0.6 is 11.6 Å². The summed E-state index contributed by atoms with van der Waals surface area (Å²) in [6.07, 6.45) is 2.06. The molecule has 3 amide bonds. The van der Waals surface area contributed by atoms with Crippen molar-refractivity contribution in [1.29, 1.82) is 0 Å². The van der Waals surface area contributed by atoms with E-state index in [0.717, 1.165) is 19.4 Å². The van der Waals surface area contributed by atoms with E-state index in [2.05, 4.69) is 10.6 Å². The molecule has 2 N–H and O–H groups in total. The molecular weight excluding hydrogens is 232 g/mol. The fraction of sp³-hybridized carbons (Fsp3) is 0.800. The Balaban J connectivity index is 2.16. The highest BCUT2D eigenvalue weighted by molar-refractivity contribution is 6.31. The molecule has 1 heterocycles. The molecule has 0 radical (unpaired) electrons. The molecule has 1 aliphatic rings. The molecular formula is C10H17ClN2O3. The van der Waals surface area contributed by atoms with Crippen LogP contribution in [0.5, 0.6) is 0 Å². The largest absolute Gasteiger partial charge is 0.381 e. The van der Waals surface area contributed by atoms with Gasteiger partial charge in [0.05, 0.1) is 6.61 Å². The van der Waals surface area contributed by atoms with E-state index >= 15 is 0 Å². The van der Waals surface area contributed by atoms with E-state index in [-0.39, 0.29) is 0 Å². The quantitative estimate of drug-likeness (QED) is 0.729. The topological polar surface area (TPSA) is 67.4 Å². The Labute approximate surface area is 99.9 Å². The van der Waals surface area contributed by atoms with Crippen molar-refractivity contribution in [3.63, 3.8) is 0 Å². The van der Waals surface area contributed by atoms with Crippen LogP contribution in [0, 0.1) is 5.92 Å². The van der Waals surface area contributed by atoms with Crippen LogP contribution < -0.4 is 10.6 Å². The van der Waals surface area contributed by atoms with Crippen molar-refractivity contribution in [2.24, 2.45) is 5.92 Å². The molecule has 0 spiro atoms. The first-order valence-corrected chi connectivity index (χ1v) is 5.83. The van der Waals surface area contributed by atoms with Gasteiger partial charge in [-0.15, -0.1) is 11.6 Å². The van der Waals surface area contributed by atoms with Crippen molar-refractivity contribution < 1.29 is 14.3 Å². The van der Waals surface area contributed by atoms with Gasteiger partial charge in [-0.25, -0.2) is 4.79 Å². The van der Waals surface area contributed by atoms with Gasteiger partial charge in [0.2, 0.25) is 5.91 Å². The van der Waals surface area contributed by atoms with Crippen LogP contribution in [0.15, 0.2) is 0 Å². The van der Waals surface area contributed by atoms with E-state index in [1.54, 1.807) is 0 Å². The van der Waals surface area contributed by atoms with E-state index in [1.165, 1.54) is 6.92 Å². The molecule has 16 heavy (non-hydrogen) atoms. The van der Waals surface area contributed by atoms with E-state index in [4.69, 9.17) is 16.3 Å². The van der Waals surface area contributed by atoms with Gasteiger partial charge in [0.25, 0.3) is 0 Å². The molecule has 0 aromatic carbocycles. The molecule has 1 rings (SSSR count). The number of rotatable bonds is 3. The lowest BCUT2D eigenvalue weighted by atomic mass is 10.0. The zero-order valence-corrected chi connectivity index (χ0v) is 10.0. The molecule has 0 aliphatic carbocycles. The van der Waals surface area contributed by atoms with Crippen molar-refractivity contribution in [3.8, 4) is 0 Å². The van der Waals surface area contributed by atoms with Gasteiger partial charge < -0.3 is 10.1 Å². The summed E-state index contributed by atoms with van der Waals surface area (Å²) in [5, 5.41) is 4.08. The Morgan fingerprint density at radius 2 is 2.31 bits per heavy atom. The summed E-state index contributed by atoms with van der Waals surface area (Å²) in [6, 6.07) is -0.497. The number of urea groups is 1. The fourth-order valence-corrected chi connectivity index (χ4v) is 1.52. The van der Waals surface area contributed by atoms with Crippen LogP contribution in [0.3, 0.4) is 0 Å². The summed E-state index contributed by atoms with van der Waals surface area (Å²) in [5.74, 6) is -0.151. The summed E-state index contributed by atoms with van der Waals surface area (Å²) in [4.78, 5) is 22.3. The van der Waals surface area contributed by atoms with Crippen molar-refractivity contribution in [1.82, 2.24) is 10.6 Å². The molecule has 6 heteroatoms. The molecule has 2 atom stereocenters. The molecule has 5 nitrogen and oxygen atoms in total. The van der Waals surface area contributed by atoms with E-state index < -0.39 is 17.3 Å². The summed E-state index contributed by atoms with van der Waals surface area (Å²) < 4.78 is 5.27. The van der Waals surface area contributed by atoms with Crippen LogP contribution in [0.4, 0.5) is 4.79 Å². The Morgan fingerprint density at radius 3 is 2.88 bits per heavy atom. The molecule has 1 saturated heterocycles. The lowest BCUT2D eigenvalue weighted by molar-refractivity contribution is -0.119. The predicted octanol–water partition coefficient (Wildman–Crippen LogP) is 0.866. The van der Waals surface area contributed by atoms with Crippen LogP contribution in [0.2, 0.25) is 0 Å². The minimum atomic E-state index is -0.705. The molecule has 0 saturated carbocycles. The van der Waals surface area contributed by atoms with Crippen molar-refractivity contribution in [3.05, 3.63) is 0 Å². The second-order valence-electron chi connectivity index (χ2n) is 3.90. The summed E-state index contributed by atoms with van der Waals surface area (Å²) in [7, 11) is 0. The lowest BCUT2D eigenvalue weighted by Gasteiger charge is -2.22. The Kier molecular flexibility index (Phi) is 5.55. The average molecular weight is 249 g/mol. The molecule has 1 fully saturated rings. The highest BCUT2D eigenvalue weighted by atomic mass is 35.5. The number of imide groups is 1. The molecule has 0 bridgehead atoms. The van der Waals surface area contributed by atoms with Crippen molar-refractivity contribution in [2.75, 3.05) is 19.8 Å². The third kappa shape index (κ3) is 4.81.